The van der Waals surface area contributed by atoms with Gasteiger partial charge in [-0.2, -0.15) is 0 Å². The third-order valence-electron chi connectivity index (χ3n) is 3.25. The molecule has 0 aliphatic carbocycles. The minimum Gasteiger partial charge on any atom is -0.385 e. The molecule has 0 amide bonds. The van der Waals surface area contributed by atoms with Crippen molar-refractivity contribution in [1.29, 1.82) is 0 Å². The highest BCUT2D eigenvalue weighted by atomic mass is 32.2. The van der Waals surface area contributed by atoms with Gasteiger partial charge < -0.3 is 15.4 Å². The number of aromatic nitrogens is 2. The van der Waals surface area contributed by atoms with Crippen LogP contribution in [0, 0.1) is 6.92 Å². The Hall–Kier alpha value is -1.41. The van der Waals surface area contributed by atoms with Crippen molar-refractivity contribution >= 4 is 21.5 Å². The molecule has 7 nitrogen and oxygen atoms in total. The second-order valence-electron chi connectivity index (χ2n) is 5.20. The lowest BCUT2D eigenvalue weighted by molar-refractivity contribution is 0.198. The fourth-order valence-electron chi connectivity index (χ4n) is 2.28. The van der Waals surface area contributed by atoms with Crippen LogP contribution in [0.15, 0.2) is 6.07 Å². The molecule has 1 saturated heterocycles. The van der Waals surface area contributed by atoms with Gasteiger partial charge in [0.1, 0.15) is 17.5 Å². The quantitative estimate of drug-likeness (QED) is 0.720. The summed E-state index contributed by atoms with van der Waals surface area (Å²) in [4.78, 5) is 8.62. The number of aryl methyl sites for hydroxylation is 1. The molecule has 0 aromatic carbocycles. The van der Waals surface area contributed by atoms with Gasteiger partial charge in [-0.1, -0.05) is 0 Å². The first-order chi connectivity index (χ1) is 9.98. The lowest BCUT2D eigenvalue weighted by atomic mass is 10.2. The van der Waals surface area contributed by atoms with E-state index in [2.05, 4.69) is 20.6 Å². The van der Waals surface area contributed by atoms with Crippen molar-refractivity contribution in [2.24, 2.45) is 0 Å². The SMILES string of the molecule is COCCCNc1cc(NC2CCS(=O)(=O)C2)nc(C)n1. The number of hydrogen-bond donors (Lipinski definition) is 2. The molecule has 0 radical (unpaired) electrons. The van der Waals surface area contributed by atoms with Gasteiger partial charge in [0.05, 0.1) is 11.5 Å². The summed E-state index contributed by atoms with van der Waals surface area (Å²) in [5.41, 5.74) is 0. The second-order valence-corrected chi connectivity index (χ2v) is 7.43. The van der Waals surface area contributed by atoms with Gasteiger partial charge in [-0.15, -0.1) is 0 Å². The highest BCUT2D eigenvalue weighted by molar-refractivity contribution is 7.91. The zero-order valence-electron chi connectivity index (χ0n) is 12.4. The summed E-state index contributed by atoms with van der Waals surface area (Å²) in [6, 6.07) is 1.75. The molecule has 0 spiro atoms. The maximum absolute atomic E-state index is 11.5. The van der Waals surface area contributed by atoms with E-state index in [-0.39, 0.29) is 17.5 Å². The first kappa shape index (κ1) is 16.0. The smallest absolute Gasteiger partial charge is 0.152 e. The summed E-state index contributed by atoms with van der Waals surface area (Å²) < 4.78 is 27.9. The molecule has 1 fully saturated rings. The maximum atomic E-state index is 11.5. The molecule has 2 N–H and O–H groups in total. The predicted octanol–water partition coefficient (Wildman–Crippen LogP) is 0.832. The van der Waals surface area contributed by atoms with Crippen LogP contribution >= 0.6 is 0 Å². The minimum absolute atomic E-state index is 0.0642. The molecule has 21 heavy (non-hydrogen) atoms. The largest absolute Gasteiger partial charge is 0.385 e. The molecule has 1 aliphatic heterocycles. The Kier molecular flexibility index (Phi) is 5.35. The van der Waals surface area contributed by atoms with Crippen molar-refractivity contribution in [3.8, 4) is 0 Å². The molecule has 118 valence electrons. The van der Waals surface area contributed by atoms with Crippen molar-refractivity contribution in [2.75, 3.05) is 42.4 Å². The van der Waals surface area contributed by atoms with Crippen LogP contribution in [-0.2, 0) is 14.6 Å². The normalized spacial score (nSPS) is 20.4. The predicted molar refractivity (Wildman–Crippen MR) is 82.4 cm³/mol. The Bertz CT molecular complexity index is 577. The fraction of sp³-hybridized carbons (Fsp3) is 0.692. The molecular weight excluding hydrogens is 292 g/mol. The lowest BCUT2D eigenvalue weighted by Crippen LogP contribution is -2.21. The van der Waals surface area contributed by atoms with Crippen LogP contribution in [0.5, 0.6) is 0 Å². The zero-order chi connectivity index (χ0) is 15.3. The number of rotatable bonds is 7. The molecule has 2 rings (SSSR count). The van der Waals surface area contributed by atoms with Gasteiger partial charge in [-0.25, -0.2) is 18.4 Å². The van der Waals surface area contributed by atoms with Crippen LogP contribution in [0.1, 0.15) is 18.7 Å². The van der Waals surface area contributed by atoms with Crippen LogP contribution in [0.25, 0.3) is 0 Å². The summed E-state index contributed by atoms with van der Waals surface area (Å²) in [5.74, 6) is 2.47. The van der Waals surface area contributed by atoms with Crippen LogP contribution < -0.4 is 10.6 Å². The minimum atomic E-state index is -2.89. The molecule has 1 atom stereocenters. The van der Waals surface area contributed by atoms with Gasteiger partial charge in [0, 0.05) is 32.4 Å². The standard InChI is InChI=1S/C13H22N4O3S/c1-10-15-12(14-5-3-6-20-2)8-13(16-10)17-11-4-7-21(18,19)9-11/h8,11H,3-7,9H2,1-2H3,(H2,14,15,16,17). The van der Waals surface area contributed by atoms with E-state index in [1.807, 2.05) is 13.0 Å². The first-order valence-electron chi connectivity index (χ1n) is 7.04. The molecule has 8 heteroatoms. The molecule has 2 heterocycles. The van der Waals surface area contributed by atoms with E-state index in [0.29, 0.717) is 24.7 Å². The van der Waals surface area contributed by atoms with Crippen molar-refractivity contribution in [3.05, 3.63) is 11.9 Å². The lowest BCUT2D eigenvalue weighted by Gasteiger charge is -2.13. The Morgan fingerprint density at radius 3 is 2.81 bits per heavy atom. The number of anilines is 2. The van der Waals surface area contributed by atoms with E-state index in [4.69, 9.17) is 4.74 Å². The number of hydrogen-bond acceptors (Lipinski definition) is 7. The van der Waals surface area contributed by atoms with Crippen molar-refractivity contribution in [1.82, 2.24) is 9.97 Å². The van der Waals surface area contributed by atoms with Crippen LogP contribution in [0.2, 0.25) is 0 Å². The molecule has 1 unspecified atom stereocenters. The van der Waals surface area contributed by atoms with Crippen LogP contribution in [0.3, 0.4) is 0 Å². The number of methoxy groups -OCH3 is 1. The van der Waals surface area contributed by atoms with Crippen LogP contribution in [-0.4, -0.2) is 56.2 Å². The number of sulfone groups is 1. The molecule has 1 aliphatic rings. The summed E-state index contributed by atoms with van der Waals surface area (Å²) in [7, 11) is -1.22. The Balaban J connectivity index is 1.95. The monoisotopic (exact) mass is 314 g/mol. The zero-order valence-corrected chi connectivity index (χ0v) is 13.2. The van der Waals surface area contributed by atoms with Crippen molar-refractivity contribution < 1.29 is 13.2 Å². The van der Waals surface area contributed by atoms with E-state index in [0.717, 1.165) is 18.8 Å². The summed E-state index contributed by atoms with van der Waals surface area (Å²) in [6.07, 6.45) is 1.52. The molecule has 1 aromatic heterocycles. The summed E-state index contributed by atoms with van der Waals surface area (Å²) >= 11 is 0. The highest BCUT2D eigenvalue weighted by Gasteiger charge is 2.28. The molecular formula is C13H22N4O3S. The Labute approximate surface area is 125 Å². The van der Waals surface area contributed by atoms with E-state index < -0.39 is 9.84 Å². The second kappa shape index (κ2) is 7.04. The summed E-state index contributed by atoms with van der Waals surface area (Å²) in [6.45, 7) is 3.28. The number of nitrogens with one attached hydrogen (secondary N) is 2. The maximum Gasteiger partial charge on any atom is 0.152 e. The van der Waals surface area contributed by atoms with E-state index in [1.54, 1.807) is 7.11 Å². The molecule has 1 aromatic rings. The Morgan fingerprint density at radius 2 is 2.14 bits per heavy atom. The van der Waals surface area contributed by atoms with Crippen molar-refractivity contribution in [2.45, 2.75) is 25.8 Å². The molecule has 0 bridgehead atoms. The Morgan fingerprint density at radius 1 is 1.38 bits per heavy atom. The van der Waals surface area contributed by atoms with E-state index in [1.165, 1.54) is 0 Å². The van der Waals surface area contributed by atoms with Gasteiger partial charge >= 0.3 is 0 Å². The average molecular weight is 314 g/mol. The van der Waals surface area contributed by atoms with Gasteiger partial charge in [0.15, 0.2) is 9.84 Å². The van der Waals surface area contributed by atoms with Gasteiger partial charge in [-0.3, -0.25) is 0 Å². The van der Waals surface area contributed by atoms with Gasteiger partial charge in [-0.05, 0) is 19.8 Å². The van der Waals surface area contributed by atoms with Gasteiger partial charge in [0.25, 0.3) is 0 Å². The fourth-order valence-corrected chi connectivity index (χ4v) is 3.96. The first-order valence-corrected chi connectivity index (χ1v) is 8.86. The highest BCUT2D eigenvalue weighted by Crippen LogP contribution is 2.18. The third kappa shape index (κ3) is 5.13. The summed E-state index contributed by atoms with van der Waals surface area (Å²) in [5, 5.41) is 6.40. The van der Waals surface area contributed by atoms with Crippen LogP contribution in [0.4, 0.5) is 11.6 Å². The van der Waals surface area contributed by atoms with Gasteiger partial charge in [0.2, 0.25) is 0 Å². The third-order valence-corrected chi connectivity index (χ3v) is 5.02. The van der Waals surface area contributed by atoms with E-state index >= 15 is 0 Å². The van der Waals surface area contributed by atoms with E-state index in [9.17, 15) is 8.42 Å². The topological polar surface area (TPSA) is 93.2 Å². The number of ether oxygens (including phenoxy) is 1. The van der Waals surface area contributed by atoms with Crippen molar-refractivity contribution in [3.63, 3.8) is 0 Å². The molecule has 0 saturated carbocycles. The average Bonchev–Trinajstić information content (AvgIpc) is 2.73. The number of nitrogens with zero attached hydrogens (tertiary/aromatic N) is 2.